The van der Waals surface area contributed by atoms with Crippen molar-refractivity contribution in [3.05, 3.63) is 70.2 Å². The van der Waals surface area contributed by atoms with Gasteiger partial charge in [0, 0.05) is 18.1 Å². The molecule has 5 heteroatoms. The van der Waals surface area contributed by atoms with Crippen LogP contribution in [0.3, 0.4) is 0 Å². The van der Waals surface area contributed by atoms with Gasteiger partial charge in [-0.1, -0.05) is 54.9 Å². The molecule has 0 aliphatic carbocycles. The van der Waals surface area contributed by atoms with E-state index in [9.17, 15) is 4.79 Å². The Morgan fingerprint density at radius 2 is 1.96 bits per heavy atom. The van der Waals surface area contributed by atoms with Gasteiger partial charge in [0.1, 0.15) is 0 Å². The molecule has 1 heterocycles. The lowest BCUT2D eigenvalue weighted by molar-refractivity contribution is -0.125. The van der Waals surface area contributed by atoms with Crippen LogP contribution >= 0.6 is 11.6 Å². The van der Waals surface area contributed by atoms with Crippen molar-refractivity contribution in [2.75, 3.05) is 6.54 Å². The molecule has 0 aromatic heterocycles. The molecule has 1 aliphatic heterocycles. The van der Waals surface area contributed by atoms with Gasteiger partial charge in [-0.15, -0.1) is 0 Å². The Morgan fingerprint density at radius 3 is 2.67 bits per heavy atom. The van der Waals surface area contributed by atoms with Gasteiger partial charge in [0.05, 0.1) is 12.0 Å². The minimum absolute atomic E-state index is 0.0389. The van der Waals surface area contributed by atoms with Crippen molar-refractivity contribution >= 4 is 17.5 Å². The van der Waals surface area contributed by atoms with E-state index in [-0.39, 0.29) is 17.9 Å². The van der Waals surface area contributed by atoms with Crippen molar-refractivity contribution in [1.29, 1.82) is 0 Å². The van der Waals surface area contributed by atoms with E-state index in [4.69, 9.17) is 11.6 Å². The van der Waals surface area contributed by atoms with Gasteiger partial charge >= 0.3 is 0 Å². The van der Waals surface area contributed by atoms with Crippen LogP contribution in [0.15, 0.2) is 48.5 Å². The molecule has 24 heavy (non-hydrogen) atoms. The summed E-state index contributed by atoms with van der Waals surface area (Å²) in [7, 11) is 0. The molecule has 0 saturated carbocycles. The van der Waals surface area contributed by atoms with Crippen molar-refractivity contribution in [2.24, 2.45) is 5.92 Å². The lowest BCUT2D eigenvalue weighted by Crippen LogP contribution is -2.34. The highest BCUT2D eigenvalue weighted by Crippen LogP contribution is 2.27. The summed E-state index contributed by atoms with van der Waals surface area (Å²) in [5, 5.41) is 3.72. The highest BCUT2D eigenvalue weighted by molar-refractivity contribution is 6.30. The number of hydrazine groups is 1. The van der Waals surface area contributed by atoms with E-state index >= 15 is 0 Å². The van der Waals surface area contributed by atoms with Gasteiger partial charge in [-0.2, -0.15) is 0 Å². The minimum Gasteiger partial charge on any atom is -0.352 e. The number of hydrogen-bond donors (Lipinski definition) is 3. The topological polar surface area (TPSA) is 53.2 Å². The molecule has 0 radical (unpaired) electrons. The van der Waals surface area contributed by atoms with Gasteiger partial charge in [-0.25, -0.2) is 5.43 Å². The van der Waals surface area contributed by atoms with Crippen molar-refractivity contribution in [3.8, 4) is 0 Å². The summed E-state index contributed by atoms with van der Waals surface area (Å²) in [6, 6.07) is 15.9. The molecule has 2 aromatic rings. The van der Waals surface area contributed by atoms with Crippen LogP contribution in [0.5, 0.6) is 0 Å². The number of hydrogen-bond acceptors (Lipinski definition) is 3. The SMILES string of the molecule is CCc1ccc(CNC(=O)C2CNNC2c2cccc(Cl)c2)cc1. The van der Waals surface area contributed by atoms with Crippen molar-refractivity contribution in [2.45, 2.75) is 25.9 Å². The Labute approximate surface area is 147 Å². The van der Waals surface area contributed by atoms with Crippen LogP contribution in [-0.4, -0.2) is 12.5 Å². The highest BCUT2D eigenvalue weighted by Gasteiger charge is 2.33. The summed E-state index contributed by atoms with van der Waals surface area (Å²) >= 11 is 6.07. The van der Waals surface area contributed by atoms with Crippen molar-refractivity contribution in [1.82, 2.24) is 16.2 Å². The van der Waals surface area contributed by atoms with E-state index in [0.29, 0.717) is 18.1 Å². The average molecular weight is 344 g/mol. The van der Waals surface area contributed by atoms with Crippen LogP contribution in [0, 0.1) is 5.92 Å². The molecular weight excluding hydrogens is 322 g/mol. The first-order valence-electron chi connectivity index (χ1n) is 8.26. The maximum Gasteiger partial charge on any atom is 0.226 e. The van der Waals surface area contributed by atoms with Crippen LogP contribution < -0.4 is 16.2 Å². The molecule has 2 aromatic carbocycles. The monoisotopic (exact) mass is 343 g/mol. The van der Waals surface area contributed by atoms with E-state index in [2.05, 4.69) is 47.4 Å². The Kier molecular flexibility index (Phi) is 5.51. The zero-order valence-electron chi connectivity index (χ0n) is 13.7. The van der Waals surface area contributed by atoms with Crippen LogP contribution in [0.4, 0.5) is 0 Å². The van der Waals surface area contributed by atoms with Gasteiger partial charge in [-0.05, 0) is 35.2 Å². The third-order valence-electron chi connectivity index (χ3n) is 4.42. The zero-order chi connectivity index (χ0) is 16.9. The van der Waals surface area contributed by atoms with E-state index in [0.717, 1.165) is 17.5 Å². The standard InChI is InChI=1S/C19H22ClN3O/c1-2-13-6-8-14(9-7-13)11-21-19(24)17-12-22-23-18(17)15-4-3-5-16(20)10-15/h3-10,17-18,22-23H,2,11-12H2,1H3,(H,21,24). The second-order valence-electron chi connectivity index (χ2n) is 6.05. The smallest absolute Gasteiger partial charge is 0.226 e. The number of carbonyl (C=O) groups is 1. The first-order valence-corrected chi connectivity index (χ1v) is 8.64. The van der Waals surface area contributed by atoms with Crippen molar-refractivity contribution in [3.63, 3.8) is 0 Å². The highest BCUT2D eigenvalue weighted by atomic mass is 35.5. The van der Waals surface area contributed by atoms with E-state index in [1.807, 2.05) is 24.3 Å². The second-order valence-corrected chi connectivity index (χ2v) is 6.49. The molecular formula is C19H22ClN3O. The van der Waals surface area contributed by atoms with Gasteiger partial charge in [-0.3, -0.25) is 10.2 Å². The molecule has 1 aliphatic rings. The first-order chi connectivity index (χ1) is 11.7. The molecule has 126 valence electrons. The van der Waals surface area contributed by atoms with E-state index < -0.39 is 0 Å². The molecule has 1 fully saturated rings. The first kappa shape index (κ1) is 17.0. The summed E-state index contributed by atoms with van der Waals surface area (Å²) in [5.41, 5.74) is 9.68. The molecule has 3 N–H and O–H groups in total. The molecule has 1 amide bonds. The summed E-state index contributed by atoms with van der Waals surface area (Å²) in [6.07, 6.45) is 1.02. The lowest BCUT2D eigenvalue weighted by Gasteiger charge is -2.18. The zero-order valence-corrected chi connectivity index (χ0v) is 14.4. The van der Waals surface area contributed by atoms with Crippen LogP contribution in [-0.2, 0) is 17.8 Å². The number of amides is 1. The van der Waals surface area contributed by atoms with Gasteiger partial charge in [0.2, 0.25) is 5.91 Å². The Bertz CT molecular complexity index is 702. The maximum absolute atomic E-state index is 12.6. The summed E-state index contributed by atoms with van der Waals surface area (Å²) in [6.45, 7) is 3.27. The number of carbonyl (C=O) groups excluding carboxylic acids is 1. The molecule has 4 nitrogen and oxygen atoms in total. The molecule has 3 rings (SSSR count). The molecule has 2 unspecified atom stereocenters. The van der Waals surface area contributed by atoms with Crippen LogP contribution in [0.2, 0.25) is 5.02 Å². The molecule has 0 bridgehead atoms. The Balaban J connectivity index is 1.63. The van der Waals surface area contributed by atoms with Gasteiger partial charge < -0.3 is 5.32 Å². The summed E-state index contributed by atoms with van der Waals surface area (Å²) in [5.74, 6) is -0.129. The lowest BCUT2D eigenvalue weighted by atomic mass is 9.94. The normalized spacial score (nSPS) is 20.1. The predicted octanol–water partition coefficient (Wildman–Crippen LogP) is 2.98. The summed E-state index contributed by atoms with van der Waals surface area (Å²) < 4.78 is 0. The maximum atomic E-state index is 12.6. The fourth-order valence-electron chi connectivity index (χ4n) is 2.97. The number of rotatable bonds is 5. The van der Waals surface area contributed by atoms with E-state index in [1.165, 1.54) is 5.56 Å². The Hall–Kier alpha value is -1.88. The number of halogens is 1. The fourth-order valence-corrected chi connectivity index (χ4v) is 3.17. The number of benzene rings is 2. The van der Waals surface area contributed by atoms with Crippen LogP contribution in [0.25, 0.3) is 0 Å². The Morgan fingerprint density at radius 1 is 1.21 bits per heavy atom. The van der Waals surface area contributed by atoms with E-state index in [1.54, 1.807) is 0 Å². The number of nitrogens with one attached hydrogen (secondary N) is 3. The predicted molar refractivity (Wildman–Crippen MR) is 96.5 cm³/mol. The minimum atomic E-state index is -0.168. The van der Waals surface area contributed by atoms with Gasteiger partial charge in [0.15, 0.2) is 0 Å². The fraction of sp³-hybridized carbons (Fsp3) is 0.316. The largest absolute Gasteiger partial charge is 0.352 e. The number of aryl methyl sites for hydroxylation is 1. The third kappa shape index (κ3) is 3.96. The molecule has 0 spiro atoms. The average Bonchev–Trinajstić information content (AvgIpc) is 3.10. The summed E-state index contributed by atoms with van der Waals surface area (Å²) in [4.78, 5) is 12.6. The second kappa shape index (κ2) is 7.79. The molecule has 1 saturated heterocycles. The quantitative estimate of drug-likeness (QED) is 0.782. The van der Waals surface area contributed by atoms with Gasteiger partial charge in [0.25, 0.3) is 0 Å². The molecule has 2 atom stereocenters. The van der Waals surface area contributed by atoms with Crippen molar-refractivity contribution < 1.29 is 4.79 Å². The third-order valence-corrected chi connectivity index (χ3v) is 4.66. The van der Waals surface area contributed by atoms with Crippen LogP contribution in [0.1, 0.15) is 29.7 Å².